The van der Waals surface area contributed by atoms with Gasteiger partial charge in [-0.3, -0.25) is 0 Å². The minimum atomic E-state index is 0.182. The average molecular weight is 844 g/mol. The van der Waals surface area contributed by atoms with Crippen LogP contribution in [0, 0.1) is 23.7 Å². The Kier molecular flexibility index (Phi) is 7.80. The van der Waals surface area contributed by atoms with E-state index in [0.717, 1.165) is 35.8 Å². The molecular formula is C65H49N. The van der Waals surface area contributed by atoms with Crippen molar-refractivity contribution in [2.45, 2.75) is 43.9 Å². The highest BCUT2D eigenvalue weighted by Crippen LogP contribution is 2.69. The molecule has 314 valence electrons. The third-order valence-corrected chi connectivity index (χ3v) is 17.2. The molecule has 0 heterocycles. The normalized spacial score (nSPS) is 21.6. The lowest BCUT2D eigenvalue weighted by Crippen LogP contribution is -2.55. The molecule has 66 heavy (non-hydrogen) atoms. The topological polar surface area (TPSA) is 3.24 Å². The first-order valence-corrected chi connectivity index (χ1v) is 24.5. The van der Waals surface area contributed by atoms with Crippen LogP contribution in [-0.4, -0.2) is 0 Å². The fraction of sp³-hybridized carbons (Fsp3) is 0.169. The van der Waals surface area contributed by atoms with E-state index in [4.69, 9.17) is 0 Å². The van der Waals surface area contributed by atoms with Crippen LogP contribution in [0.3, 0.4) is 0 Å². The van der Waals surface area contributed by atoms with Crippen LogP contribution in [0.1, 0.15) is 54.4 Å². The van der Waals surface area contributed by atoms with Gasteiger partial charge in [-0.25, -0.2) is 0 Å². The molecule has 0 aromatic heterocycles. The van der Waals surface area contributed by atoms with Crippen LogP contribution < -0.4 is 4.90 Å². The molecule has 6 aliphatic carbocycles. The van der Waals surface area contributed by atoms with Gasteiger partial charge in [0.25, 0.3) is 0 Å². The van der Waals surface area contributed by atoms with Gasteiger partial charge in [-0.1, -0.05) is 164 Å². The molecule has 0 atom stereocenters. The Labute approximate surface area is 387 Å². The monoisotopic (exact) mass is 843 g/mol. The maximum Gasteiger partial charge on any atom is 0.0546 e. The molecule has 4 saturated carbocycles. The van der Waals surface area contributed by atoms with Crippen LogP contribution in [0.15, 0.2) is 200 Å². The third kappa shape index (κ3) is 5.17. The molecule has 0 unspecified atom stereocenters. The van der Waals surface area contributed by atoms with Crippen LogP contribution >= 0.6 is 0 Å². The summed E-state index contributed by atoms with van der Waals surface area (Å²) in [5.41, 5.74) is 20.6. The summed E-state index contributed by atoms with van der Waals surface area (Å²) in [6, 6.07) is 76.4. The lowest BCUT2D eigenvalue weighted by Gasteiger charge is -2.61. The highest BCUT2D eigenvalue weighted by Gasteiger charge is 2.61. The zero-order chi connectivity index (χ0) is 43.1. The standard InChI is InChI=1S/C65H49N/c1-3-15-52-42(11-1)13-9-20-53(52)43-23-27-50(28-24-43)66(63-38-44-12-2-4-16-54(44)56-17-5-6-19-58(56)63)51-29-25-45-36-47-14-10-21-55(64(47)59(45)39-51)46-26-30-62-60(37-46)57-18-7-8-22-61(57)65(62)48-32-40-31-41(34-48)35-49(65)33-40/h1-30,37-41,48-49H,31-36H2. The highest BCUT2D eigenvalue weighted by molar-refractivity contribution is 6.15. The van der Waals surface area contributed by atoms with Gasteiger partial charge in [-0.2, -0.15) is 0 Å². The van der Waals surface area contributed by atoms with Crippen molar-refractivity contribution in [3.63, 3.8) is 0 Å². The molecule has 10 aromatic rings. The van der Waals surface area contributed by atoms with Gasteiger partial charge in [0.05, 0.1) is 5.69 Å². The van der Waals surface area contributed by atoms with E-state index in [9.17, 15) is 0 Å². The van der Waals surface area contributed by atoms with E-state index in [2.05, 4.69) is 205 Å². The van der Waals surface area contributed by atoms with Crippen molar-refractivity contribution in [1.82, 2.24) is 0 Å². The van der Waals surface area contributed by atoms with Crippen molar-refractivity contribution >= 4 is 49.4 Å². The molecule has 10 aromatic carbocycles. The van der Waals surface area contributed by atoms with E-state index >= 15 is 0 Å². The van der Waals surface area contributed by atoms with Crippen molar-refractivity contribution in [1.29, 1.82) is 0 Å². The molecule has 0 radical (unpaired) electrons. The van der Waals surface area contributed by atoms with E-state index in [1.165, 1.54) is 131 Å². The SMILES string of the molecule is c1ccc2c(c1)-c1cc(-c3cccc4c3-c3cc(N(c5ccc(-c6cccc7ccccc67)cc5)c5cc6ccccc6c6ccccc56)ccc3C4)ccc1C21C2CC3CC(C2)CC1C3. The van der Waals surface area contributed by atoms with Crippen molar-refractivity contribution < 1.29 is 0 Å². The summed E-state index contributed by atoms with van der Waals surface area (Å²) in [5.74, 6) is 3.42. The second kappa shape index (κ2) is 13.9. The Morgan fingerprint density at radius 1 is 0.364 bits per heavy atom. The van der Waals surface area contributed by atoms with Gasteiger partial charge in [0.2, 0.25) is 0 Å². The Balaban J connectivity index is 0.891. The van der Waals surface area contributed by atoms with Crippen LogP contribution in [-0.2, 0) is 11.8 Å². The highest BCUT2D eigenvalue weighted by atomic mass is 15.1. The number of fused-ring (bicyclic) bond motifs is 10. The molecular weight excluding hydrogens is 795 g/mol. The van der Waals surface area contributed by atoms with Crippen molar-refractivity contribution in [3.05, 3.63) is 222 Å². The molecule has 0 N–H and O–H groups in total. The third-order valence-electron chi connectivity index (χ3n) is 17.2. The number of anilines is 3. The van der Waals surface area contributed by atoms with Gasteiger partial charge < -0.3 is 4.90 Å². The van der Waals surface area contributed by atoms with E-state index in [-0.39, 0.29) is 5.41 Å². The Hall–Kier alpha value is -7.22. The first-order valence-electron chi connectivity index (χ1n) is 24.5. The zero-order valence-electron chi connectivity index (χ0n) is 37.1. The minimum Gasteiger partial charge on any atom is -0.310 e. The van der Waals surface area contributed by atoms with Gasteiger partial charge >= 0.3 is 0 Å². The number of nitrogens with zero attached hydrogens (tertiary/aromatic N) is 1. The van der Waals surface area contributed by atoms with Crippen molar-refractivity contribution in [2.75, 3.05) is 4.90 Å². The maximum absolute atomic E-state index is 2.59. The van der Waals surface area contributed by atoms with E-state index < -0.39 is 0 Å². The second-order valence-corrected chi connectivity index (χ2v) is 20.4. The van der Waals surface area contributed by atoms with Crippen molar-refractivity contribution in [3.8, 4) is 44.5 Å². The van der Waals surface area contributed by atoms with Gasteiger partial charge in [-0.15, -0.1) is 0 Å². The summed E-state index contributed by atoms with van der Waals surface area (Å²) in [6.45, 7) is 0. The first kappa shape index (κ1) is 37.0. The number of benzene rings is 10. The Morgan fingerprint density at radius 2 is 0.985 bits per heavy atom. The summed E-state index contributed by atoms with van der Waals surface area (Å²) < 4.78 is 0. The molecule has 6 aliphatic rings. The molecule has 1 heteroatoms. The van der Waals surface area contributed by atoms with E-state index in [1.807, 2.05) is 0 Å². The van der Waals surface area contributed by atoms with Crippen LogP contribution in [0.25, 0.3) is 76.8 Å². The molecule has 0 aliphatic heterocycles. The van der Waals surface area contributed by atoms with Crippen LogP contribution in [0.5, 0.6) is 0 Å². The molecule has 4 fully saturated rings. The Morgan fingerprint density at radius 3 is 1.82 bits per heavy atom. The van der Waals surface area contributed by atoms with E-state index in [0.29, 0.717) is 0 Å². The summed E-state index contributed by atoms with van der Waals surface area (Å²) in [7, 11) is 0. The molecule has 0 saturated heterocycles. The first-order chi connectivity index (χ1) is 32.7. The van der Waals surface area contributed by atoms with Crippen LogP contribution in [0.4, 0.5) is 17.1 Å². The quantitative estimate of drug-likeness (QED) is 0.156. The predicted molar refractivity (Wildman–Crippen MR) is 276 cm³/mol. The zero-order valence-corrected chi connectivity index (χ0v) is 37.1. The number of hydrogen-bond donors (Lipinski definition) is 0. The fourth-order valence-corrected chi connectivity index (χ4v) is 14.8. The summed E-state index contributed by atoms with van der Waals surface area (Å²) in [5, 5.41) is 7.57. The van der Waals surface area contributed by atoms with Gasteiger partial charge in [0.15, 0.2) is 0 Å². The van der Waals surface area contributed by atoms with Crippen LogP contribution in [0.2, 0.25) is 0 Å². The molecule has 1 nitrogen and oxygen atoms in total. The summed E-state index contributed by atoms with van der Waals surface area (Å²) >= 11 is 0. The van der Waals surface area contributed by atoms with Gasteiger partial charge in [0, 0.05) is 22.2 Å². The average Bonchev–Trinajstić information content (AvgIpc) is 3.89. The molecule has 0 amide bonds. The molecule has 1 spiro atoms. The summed E-state index contributed by atoms with van der Waals surface area (Å²) in [6.07, 6.45) is 8.07. The predicted octanol–water partition coefficient (Wildman–Crippen LogP) is 17.2. The lowest BCUT2D eigenvalue weighted by molar-refractivity contribution is -0.0399. The second-order valence-electron chi connectivity index (χ2n) is 20.4. The summed E-state index contributed by atoms with van der Waals surface area (Å²) in [4.78, 5) is 2.51. The smallest absolute Gasteiger partial charge is 0.0546 e. The maximum atomic E-state index is 2.59. The Bertz CT molecular complexity index is 3610. The van der Waals surface area contributed by atoms with Crippen molar-refractivity contribution in [2.24, 2.45) is 23.7 Å². The molecule has 16 rings (SSSR count). The lowest BCUT2D eigenvalue weighted by atomic mass is 9.43. The number of hydrogen-bond acceptors (Lipinski definition) is 1. The van der Waals surface area contributed by atoms with E-state index in [1.54, 1.807) is 11.1 Å². The largest absolute Gasteiger partial charge is 0.310 e. The van der Waals surface area contributed by atoms with Gasteiger partial charge in [-0.05, 0) is 192 Å². The fourth-order valence-electron chi connectivity index (χ4n) is 14.8. The number of rotatable bonds is 5. The minimum absolute atomic E-state index is 0.182. The molecule has 4 bridgehead atoms. The van der Waals surface area contributed by atoms with Gasteiger partial charge in [0.1, 0.15) is 0 Å².